The van der Waals surface area contributed by atoms with E-state index in [0.717, 1.165) is 11.3 Å². The molecule has 0 aromatic heterocycles. The van der Waals surface area contributed by atoms with Crippen molar-refractivity contribution in [2.24, 2.45) is 0 Å². The van der Waals surface area contributed by atoms with Crippen LogP contribution in [0.25, 0.3) is 0 Å². The van der Waals surface area contributed by atoms with Gasteiger partial charge in [-0.3, -0.25) is 9.59 Å². The van der Waals surface area contributed by atoms with Gasteiger partial charge in [-0.2, -0.15) is 0 Å². The maximum atomic E-state index is 12.2. The Kier molecular flexibility index (Phi) is 3.85. The number of methoxy groups -OCH3 is 1. The van der Waals surface area contributed by atoms with Gasteiger partial charge in [0, 0.05) is 25.3 Å². The van der Waals surface area contributed by atoms with Crippen molar-refractivity contribution in [1.29, 1.82) is 0 Å². The molecular weight excluding hydrogens is 246 g/mol. The number of carbonyl (C=O) groups is 2. The minimum absolute atomic E-state index is 0.0299. The number of carboxylic acid groups (broad SMARTS) is 1. The smallest absolute Gasteiger partial charge is 0.304 e. The van der Waals surface area contributed by atoms with Gasteiger partial charge in [-0.05, 0) is 18.6 Å². The maximum Gasteiger partial charge on any atom is 0.304 e. The van der Waals surface area contributed by atoms with Crippen LogP contribution in [0.1, 0.15) is 24.8 Å². The SMILES string of the molecule is COC(C)C(=O)N1CC(CC(=O)O)c2ccccc21. The summed E-state index contributed by atoms with van der Waals surface area (Å²) in [5.74, 6) is -1.14. The third-order valence-corrected chi connectivity index (χ3v) is 3.46. The van der Waals surface area contributed by atoms with Crippen molar-refractivity contribution in [1.82, 2.24) is 0 Å². The van der Waals surface area contributed by atoms with Crippen LogP contribution in [-0.2, 0) is 14.3 Å². The van der Waals surface area contributed by atoms with Crippen LogP contribution in [0.4, 0.5) is 5.69 Å². The summed E-state index contributed by atoms with van der Waals surface area (Å²) in [6.45, 7) is 2.09. The van der Waals surface area contributed by atoms with Crippen molar-refractivity contribution >= 4 is 17.6 Å². The van der Waals surface area contributed by atoms with E-state index in [4.69, 9.17) is 9.84 Å². The monoisotopic (exact) mass is 263 g/mol. The molecular formula is C14H17NO4. The highest BCUT2D eigenvalue weighted by molar-refractivity contribution is 5.98. The lowest BCUT2D eigenvalue weighted by Gasteiger charge is -2.21. The van der Waals surface area contributed by atoms with Crippen molar-refractivity contribution in [3.05, 3.63) is 29.8 Å². The normalized spacial score (nSPS) is 19.1. The van der Waals surface area contributed by atoms with Crippen molar-refractivity contribution in [3.63, 3.8) is 0 Å². The number of rotatable bonds is 4. The lowest BCUT2D eigenvalue weighted by molar-refractivity contribution is -0.137. The summed E-state index contributed by atoms with van der Waals surface area (Å²) in [6.07, 6.45) is -0.501. The minimum atomic E-state index is -0.853. The molecule has 0 aliphatic carbocycles. The van der Waals surface area contributed by atoms with Crippen LogP contribution < -0.4 is 4.90 Å². The van der Waals surface area contributed by atoms with Crippen LogP contribution >= 0.6 is 0 Å². The molecule has 0 bridgehead atoms. The molecule has 0 fully saturated rings. The van der Waals surface area contributed by atoms with E-state index in [1.165, 1.54) is 7.11 Å². The Bertz CT molecular complexity index is 500. The van der Waals surface area contributed by atoms with E-state index in [2.05, 4.69) is 0 Å². The number of anilines is 1. The number of ether oxygens (including phenoxy) is 1. The number of carbonyl (C=O) groups excluding carboxylic acids is 1. The molecule has 0 spiro atoms. The molecule has 0 radical (unpaired) electrons. The van der Waals surface area contributed by atoms with E-state index < -0.39 is 12.1 Å². The van der Waals surface area contributed by atoms with Crippen molar-refractivity contribution < 1.29 is 19.4 Å². The number of aliphatic carboxylic acids is 1. The van der Waals surface area contributed by atoms with E-state index in [0.29, 0.717) is 6.54 Å². The molecule has 102 valence electrons. The number of benzene rings is 1. The predicted molar refractivity (Wildman–Crippen MR) is 70.3 cm³/mol. The quantitative estimate of drug-likeness (QED) is 0.896. The number of carboxylic acids is 1. The van der Waals surface area contributed by atoms with Gasteiger partial charge >= 0.3 is 5.97 Å². The number of amides is 1. The molecule has 1 N–H and O–H groups in total. The van der Waals surface area contributed by atoms with Gasteiger partial charge in [0.15, 0.2) is 0 Å². The molecule has 2 unspecified atom stereocenters. The summed E-state index contributed by atoms with van der Waals surface area (Å²) < 4.78 is 5.05. The molecule has 1 aromatic carbocycles. The second-order valence-corrected chi connectivity index (χ2v) is 4.68. The van der Waals surface area contributed by atoms with Gasteiger partial charge in [0.05, 0.1) is 6.42 Å². The number of hydrogen-bond acceptors (Lipinski definition) is 3. The molecule has 0 saturated heterocycles. The summed E-state index contributed by atoms with van der Waals surface area (Å²) >= 11 is 0. The first-order chi connectivity index (χ1) is 9.04. The van der Waals surface area contributed by atoms with Crippen LogP contribution in [0.3, 0.4) is 0 Å². The fourth-order valence-electron chi connectivity index (χ4n) is 2.41. The Morgan fingerprint density at radius 1 is 1.47 bits per heavy atom. The topological polar surface area (TPSA) is 66.8 Å². The lowest BCUT2D eigenvalue weighted by atomic mass is 9.98. The van der Waals surface area contributed by atoms with Crippen LogP contribution in [0, 0.1) is 0 Å². The van der Waals surface area contributed by atoms with Gasteiger partial charge in [0.1, 0.15) is 6.10 Å². The number of nitrogens with zero attached hydrogens (tertiary/aromatic N) is 1. The molecule has 1 aliphatic rings. The van der Waals surface area contributed by atoms with E-state index in [9.17, 15) is 9.59 Å². The second-order valence-electron chi connectivity index (χ2n) is 4.68. The van der Waals surface area contributed by atoms with Crippen molar-refractivity contribution in [3.8, 4) is 0 Å². The van der Waals surface area contributed by atoms with Crippen LogP contribution in [0.5, 0.6) is 0 Å². The second kappa shape index (κ2) is 5.40. The standard InChI is InChI=1S/C14H17NO4/c1-9(19-2)14(18)15-8-10(7-13(16)17)11-5-3-4-6-12(11)15/h3-6,9-10H,7-8H2,1-2H3,(H,16,17). The van der Waals surface area contributed by atoms with E-state index in [1.807, 2.05) is 24.3 Å². The summed E-state index contributed by atoms with van der Waals surface area (Å²) in [7, 11) is 1.49. The zero-order valence-corrected chi connectivity index (χ0v) is 11.0. The van der Waals surface area contributed by atoms with Gasteiger partial charge in [-0.15, -0.1) is 0 Å². The van der Waals surface area contributed by atoms with Crippen LogP contribution in [0.15, 0.2) is 24.3 Å². The van der Waals surface area contributed by atoms with Gasteiger partial charge in [-0.1, -0.05) is 18.2 Å². The first-order valence-electron chi connectivity index (χ1n) is 6.19. The number of fused-ring (bicyclic) bond motifs is 1. The highest BCUT2D eigenvalue weighted by Crippen LogP contribution is 2.38. The fourth-order valence-corrected chi connectivity index (χ4v) is 2.41. The molecule has 5 nitrogen and oxygen atoms in total. The van der Waals surface area contributed by atoms with Crippen LogP contribution in [-0.4, -0.2) is 36.7 Å². The van der Waals surface area contributed by atoms with E-state index in [-0.39, 0.29) is 18.2 Å². The van der Waals surface area contributed by atoms with Gasteiger partial charge in [0.2, 0.25) is 0 Å². The summed E-state index contributed by atoms with van der Waals surface area (Å²) in [4.78, 5) is 24.7. The van der Waals surface area contributed by atoms with E-state index >= 15 is 0 Å². The molecule has 19 heavy (non-hydrogen) atoms. The average Bonchev–Trinajstić information content (AvgIpc) is 2.75. The minimum Gasteiger partial charge on any atom is -0.481 e. The summed E-state index contributed by atoms with van der Waals surface area (Å²) in [5.41, 5.74) is 1.71. The number of hydrogen-bond donors (Lipinski definition) is 1. The zero-order chi connectivity index (χ0) is 14.0. The molecule has 1 aromatic rings. The molecule has 0 saturated carbocycles. The van der Waals surface area contributed by atoms with Gasteiger partial charge in [0.25, 0.3) is 5.91 Å². The summed E-state index contributed by atoms with van der Waals surface area (Å²) in [6, 6.07) is 7.44. The molecule has 2 rings (SSSR count). The Morgan fingerprint density at radius 2 is 2.16 bits per heavy atom. The third kappa shape index (κ3) is 2.61. The Morgan fingerprint density at radius 3 is 2.79 bits per heavy atom. The molecule has 1 heterocycles. The van der Waals surface area contributed by atoms with Gasteiger partial charge in [-0.25, -0.2) is 0 Å². The fraction of sp³-hybridized carbons (Fsp3) is 0.429. The zero-order valence-electron chi connectivity index (χ0n) is 11.0. The molecule has 1 amide bonds. The Hall–Kier alpha value is -1.88. The van der Waals surface area contributed by atoms with Gasteiger partial charge < -0.3 is 14.7 Å². The largest absolute Gasteiger partial charge is 0.481 e. The van der Waals surface area contributed by atoms with E-state index in [1.54, 1.807) is 11.8 Å². The highest BCUT2D eigenvalue weighted by Gasteiger charge is 2.34. The van der Waals surface area contributed by atoms with Crippen molar-refractivity contribution in [2.45, 2.75) is 25.4 Å². The molecule has 1 aliphatic heterocycles. The summed E-state index contributed by atoms with van der Waals surface area (Å²) in [5, 5.41) is 8.95. The third-order valence-electron chi connectivity index (χ3n) is 3.46. The highest BCUT2D eigenvalue weighted by atomic mass is 16.5. The van der Waals surface area contributed by atoms with Crippen LogP contribution in [0.2, 0.25) is 0 Å². The van der Waals surface area contributed by atoms with Crippen molar-refractivity contribution in [2.75, 3.05) is 18.6 Å². The first-order valence-corrected chi connectivity index (χ1v) is 6.19. The molecule has 2 atom stereocenters. The first kappa shape index (κ1) is 13.5. The number of para-hydroxylation sites is 1. The average molecular weight is 263 g/mol. The molecule has 5 heteroatoms. The predicted octanol–water partition coefficient (Wildman–Crippen LogP) is 1.63. The Labute approximate surface area is 111 Å². The lowest BCUT2D eigenvalue weighted by Crippen LogP contribution is -2.38. The maximum absolute atomic E-state index is 12.2. The Balaban J connectivity index is 2.30.